The molecule has 0 radical (unpaired) electrons. The summed E-state index contributed by atoms with van der Waals surface area (Å²) in [6, 6.07) is -0.587. The third kappa shape index (κ3) is 2.98. The average molecular weight is 259 g/mol. The molecular formula is C11H21N3O4. The molecule has 4 N–H and O–H groups in total. The summed E-state index contributed by atoms with van der Waals surface area (Å²) in [5.74, 6) is -2.12. The number of rotatable bonds is 7. The fourth-order valence-corrected chi connectivity index (χ4v) is 2.35. The number of amides is 2. The van der Waals surface area contributed by atoms with Crippen LogP contribution in [0.1, 0.15) is 26.7 Å². The Morgan fingerprint density at radius 3 is 2.22 bits per heavy atom. The Morgan fingerprint density at radius 2 is 1.83 bits per heavy atom. The van der Waals surface area contributed by atoms with Crippen LogP contribution in [-0.4, -0.2) is 48.4 Å². The van der Waals surface area contributed by atoms with Gasteiger partial charge in [0, 0.05) is 19.6 Å². The smallest absolute Gasteiger partial charge is 0.234 e. The number of primary amides is 2. The topological polar surface area (TPSA) is 108 Å². The van der Waals surface area contributed by atoms with Crippen molar-refractivity contribution in [1.82, 2.24) is 4.90 Å². The van der Waals surface area contributed by atoms with Crippen molar-refractivity contribution >= 4 is 11.8 Å². The zero-order chi connectivity index (χ0) is 13.8. The fraction of sp³-hybridized carbons (Fsp3) is 0.818. The molecule has 0 aromatic carbocycles. The maximum atomic E-state index is 11.4. The van der Waals surface area contributed by atoms with Crippen molar-refractivity contribution in [1.29, 1.82) is 0 Å². The lowest BCUT2D eigenvalue weighted by Gasteiger charge is -2.38. The molecule has 1 fully saturated rings. The monoisotopic (exact) mass is 259 g/mol. The van der Waals surface area contributed by atoms with Crippen LogP contribution in [0.25, 0.3) is 0 Å². The summed E-state index contributed by atoms with van der Waals surface area (Å²) >= 11 is 0. The van der Waals surface area contributed by atoms with E-state index in [4.69, 9.17) is 20.9 Å². The van der Waals surface area contributed by atoms with Gasteiger partial charge in [0.1, 0.15) is 0 Å². The molecule has 0 saturated carbocycles. The van der Waals surface area contributed by atoms with Crippen LogP contribution in [0, 0.1) is 0 Å². The van der Waals surface area contributed by atoms with E-state index in [0.717, 1.165) is 0 Å². The Hall–Kier alpha value is -1.18. The fourth-order valence-electron chi connectivity index (χ4n) is 2.35. The number of nitrogens with zero attached hydrogens (tertiary/aromatic N) is 1. The summed E-state index contributed by atoms with van der Waals surface area (Å²) in [4.78, 5) is 24.1. The minimum Gasteiger partial charge on any atom is -0.369 e. The normalized spacial score (nSPS) is 23.1. The average Bonchev–Trinajstić information content (AvgIpc) is 2.58. The molecule has 1 rings (SSSR count). The van der Waals surface area contributed by atoms with Gasteiger partial charge in [-0.25, -0.2) is 4.90 Å². The molecule has 0 aromatic rings. The van der Waals surface area contributed by atoms with Crippen molar-refractivity contribution in [2.24, 2.45) is 11.5 Å². The first-order valence-corrected chi connectivity index (χ1v) is 6.09. The third-order valence-electron chi connectivity index (χ3n) is 2.94. The standard InChI is InChI=1S/C11H21N3O4/c1-3-17-11(18-4-2)6-5-8(10(13)16)14(11)7-9(12)15/h8H,3-7H2,1-2H3,(H2,12,15)(H2,13,16). The lowest BCUT2D eigenvalue weighted by Crippen LogP contribution is -2.56. The number of hydrogen-bond acceptors (Lipinski definition) is 5. The Kier molecular flexibility index (Phi) is 5.06. The van der Waals surface area contributed by atoms with Crippen molar-refractivity contribution in [2.45, 2.75) is 38.6 Å². The predicted octanol–water partition coefficient (Wildman–Crippen LogP) is -0.852. The highest BCUT2D eigenvalue weighted by Crippen LogP contribution is 2.35. The number of carbonyl (C=O) groups excluding carboxylic acids is 2. The van der Waals surface area contributed by atoms with E-state index < -0.39 is 23.8 Å². The van der Waals surface area contributed by atoms with E-state index in [9.17, 15) is 9.59 Å². The third-order valence-corrected chi connectivity index (χ3v) is 2.94. The van der Waals surface area contributed by atoms with Gasteiger partial charge in [-0.05, 0) is 20.3 Å². The molecular weight excluding hydrogens is 238 g/mol. The Labute approximate surface area is 106 Å². The molecule has 0 bridgehead atoms. The molecule has 104 valence electrons. The van der Waals surface area contributed by atoms with Crippen LogP contribution in [0.15, 0.2) is 0 Å². The summed E-state index contributed by atoms with van der Waals surface area (Å²) in [6.07, 6.45) is 0.970. The van der Waals surface area contributed by atoms with Crippen LogP contribution in [-0.2, 0) is 19.1 Å². The number of nitrogens with two attached hydrogens (primary N) is 2. The quantitative estimate of drug-likeness (QED) is 0.579. The second-order valence-electron chi connectivity index (χ2n) is 4.13. The van der Waals surface area contributed by atoms with Gasteiger partial charge in [0.2, 0.25) is 17.7 Å². The molecule has 0 aromatic heterocycles. The van der Waals surface area contributed by atoms with Crippen LogP contribution in [0.5, 0.6) is 0 Å². The van der Waals surface area contributed by atoms with Crippen molar-refractivity contribution in [3.8, 4) is 0 Å². The van der Waals surface area contributed by atoms with Gasteiger partial charge in [-0.2, -0.15) is 0 Å². The maximum absolute atomic E-state index is 11.4. The SMILES string of the molecule is CCOC1(OCC)CCC(C(N)=O)N1CC(N)=O. The number of ether oxygens (including phenoxy) is 2. The molecule has 1 unspecified atom stereocenters. The van der Waals surface area contributed by atoms with Crippen LogP contribution in [0.4, 0.5) is 0 Å². The van der Waals surface area contributed by atoms with Gasteiger partial charge in [0.15, 0.2) is 0 Å². The first kappa shape index (κ1) is 14.9. The molecule has 1 aliphatic rings. The van der Waals surface area contributed by atoms with E-state index in [2.05, 4.69) is 0 Å². The predicted molar refractivity (Wildman–Crippen MR) is 64.1 cm³/mol. The van der Waals surface area contributed by atoms with Gasteiger partial charge >= 0.3 is 0 Å². The second-order valence-corrected chi connectivity index (χ2v) is 4.13. The van der Waals surface area contributed by atoms with Crippen molar-refractivity contribution in [3.05, 3.63) is 0 Å². The van der Waals surface area contributed by atoms with Gasteiger partial charge in [-0.1, -0.05) is 0 Å². The highest BCUT2D eigenvalue weighted by molar-refractivity contribution is 5.82. The minimum absolute atomic E-state index is 0.117. The van der Waals surface area contributed by atoms with Gasteiger partial charge in [-0.15, -0.1) is 0 Å². The van der Waals surface area contributed by atoms with Crippen LogP contribution in [0.2, 0.25) is 0 Å². The van der Waals surface area contributed by atoms with E-state index in [-0.39, 0.29) is 6.54 Å². The van der Waals surface area contributed by atoms with E-state index in [0.29, 0.717) is 26.1 Å². The molecule has 1 atom stereocenters. The molecule has 0 spiro atoms. The lowest BCUT2D eigenvalue weighted by atomic mass is 10.2. The minimum atomic E-state index is -1.07. The number of hydrogen-bond donors (Lipinski definition) is 2. The maximum Gasteiger partial charge on any atom is 0.234 e. The Balaban J connectivity index is 2.98. The second kappa shape index (κ2) is 6.12. The largest absolute Gasteiger partial charge is 0.369 e. The van der Waals surface area contributed by atoms with Crippen LogP contribution in [0.3, 0.4) is 0 Å². The lowest BCUT2D eigenvalue weighted by molar-refractivity contribution is -0.302. The van der Waals surface area contributed by atoms with Crippen LogP contribution < -0.4 is 11.5 Å². The van der Waals surface area contributed by atoms with Crippen molar-refractivity contribution < 1.29 is 19.1 Å². The molecule has 1 heterocycles. The van der Waals surface area contributed by atoms with E-state index in [1.807, 2.05) is 13.8 Å². The molecule has 18 heavy (non-hydrogen) atoms. The molecule has 1 aliphatic heterocycles. The van der Waals surface area contributed by atoms with Gasteiger partial charge in [0.25, 0.3) is 0 Å². The molecule has 0 aliphatic carbocycles. The van der Waals surface area contributed by atoms with Gasteiger partial charge < -0.3 is 20.9 Å². The highest BCUT2D eigenvalue weighted by atomic mass is 16.7. The summed E-state index contributed by atoms with van der Waals surface area (Å²) in [5, 5.41) is 0. The Morgan fingerprint density at radius 1 is 1.28 bits per heavy atom. The van der Waals surface area contributed by atoms with Crippen LogP contribution >= 0.6 is 0 Å². The summed E-state index contributed by atoms with van der Waals surface area (Å²) in [6.45, 7) is 4.33. The summed E-state index contributed by atoms with van der Waals surface area (Å²) in [7, 11) is 0. The van der Waals surface area contributed by atoms with E-state index in [1.54, 1.807) is 0 Å². The Bertz CT molecular complexity index is 315. The van der Waals surface area contributed by atoms with E-state index >= 15 is 0 Å². The molecule has 2 amide bonds. The first-order valence-electron chi connectivity index (χ1n) is 6.09. The molecule has 1 saturated heterocycles. The van der Waals surface area contributed by atoms with Crippen molar-refractivity contribution in [2.75, 3.05) is 19.8 Å². The zero-order valence-corrected chi connectivity index (χ0v) is 10.8. The molecule has 7 heteroatoms. The van der Waals surface area contributed by atoms with Crippen molar-refractivity contribution in [3.63, 3.8) is 0 Å². The zero-order valence-electron chi connectivity index (χ0n) is 10.8. The summed E-state index contributed by atoms with van der Waals surface area (Å²) in [5.41, 5.74) is 10.5. The highest BCUT2D eigenvalue weighted by Gasteiger charge is 2.50. The molecule has 7 nitrogen and oxygen atoms in total. The van der Waals surface area contributed by atoms with Gasteiger partial charge in [-0.3, -0.25) is 9.59 Å². The summed E-state index contributed by atoms with van der Waals surface area (Å²) < 4.78 is 11.2. The van der Waals surface area contributed by atoms with Gasteiger partial charge in [0.05, 0.1) is 12.6 Å². The number of carbonyl (C=O) groups is 2. The van der Waals surface area contributed by atoms with E-state index in [1.165, 1.54) is 4.90 Å². The number of likely N-dealkylation sites (tertiary alicyclic amines) is 1. The first-order chi connectivity index (χ1) is 8.46.